The molecule has 0 atom stereocenters. The highest BCUT2D eigenvalue weighted by Crippen LogP contribution is 2.36. The summed E-state index contributed by atoms with van der Waals surface area (Å²) in [6, 6.07) is 4.31. The number of carboxylic acid groups (broad SMARTS) is 1. The van der Waals surface area contributed by atoms with Crippen LogP contribution in [0.1, 0.15) is 47.6 Å². The predicted molar refractivity (Wildman–Crippen MR) is 164 cm³/mol. The lowest BCUT2D eigenvalue weighted by Gasteiger charge is -2.30. The monoisotopic (exact) mass is 650 g/mol. The Labute approximate surface area is 263 Å². The van der Waals surface area contributed by atoms with E-state index in [1.807, 2.05) is 4.90 Å². The Bertz CT molecular complexity index is 1460. The summed E-state index contributed by atoms with van der Waals surface area (Å²) < 4.78 is 48.6. The van der Waals surface area contributed by atoms with Crippen LogP contribution in [0.25, 0.3) is 11.3 Å². The van der Waals surface area contributed by atoms with E-state index in [2.05, 4.69) is 43.8 Å². The summed E-state index contributed by atoms with van der Waals surface area (Å²) in [5.74, 6) is -1.20. The average molecular weight is 651 g/mol. The smallest absolute Gasteiger partial charge is 0.481 e. The Morgan fingerprint density at radius 3 is 2.51 bits per heavy atom. The fraction of sp³-hybridized carbons (Fsp3) is 0.500. The van der Waals surface area contributed by atoms with Crippen LogP contribution in [-0.4, -0.2) is 83.1 Å². The van der Waals surface area contributed by atoms with Gasteiger partial charge in [-0.05, 0) is 49.4 Å². The van der Waals surface area contributed by atoms with Crippen LogP contribution in [0, 0.1) is 18.8 Å². The molecule has 1 aliphatic heterocycles. The van der Waals surface area contributed by atoms with Crippen LogP contribution in [0.15, 0.2) is 30.6 Å². The van der Waals surface area contributed by atoms with Gasteiger partial charge in [-0.25, -0.2) is 15.0 Å². The molecule has 3 aromatic rings. The largest absolute Gasteiger partial charge is 0.573 e. The number of alkyl halides is 3. The van der Waals surface area contributed by atoms with Gasteiger partial charge in [-0.3, -0.25) is 19.8 Å². The number of piperidine rings is 1. The number of nitrogens with one attached hydrogen (secondary N) is 1. The molecule has 1 amide bonds. The molecule has 3 heterocycles. The summed E-state index contributed by atoms with van der Waals surface area (Å²) in [6.07, 6.45) is -1.03. The molecule has 0 bridgehead atoms. The Morgan fingerprint density at radius 1 is 1.18 bits per heavy atom. The lowest BCUT2D eigenvalue weighted by molar-refractivity contribution is -0.274. The first-order valence-corrected chi connectivity index (χ1v) is 15.3. The Morgan fingerprint density at radius 2 is 1.91 bits per heavy atom. The van der Waals surface area contributed by atoms with Crippen molar-refractivity contribution in [2.45, 2.75) is 46.5 Å². The van der Waals surface area contributed by atoms with Crippen molar-refractivity contribution in [3.05, 3.63) is 46.7 Å². The molecule has 0 spiro atoms. The highest BCUT2D eigenvalue weighted by Gasteiger charge is 2.32. The van der Waals surface area contributed by atoms with Crippen molar-refractivity contribution in [3.8, 4) is 17.0 Å². The summed E-state index contributed by atoms with van der Waals surface area (Å²) >= 11 is 1.23. The van der Waals surface area contributed by atoms with Crippen LogP contribution >= 0.6 is 11.3 Å². The normalized spacial score (nSPS) is 14.3. The van der Waals surface area contributed by atoms with Gasteiger partial charge in [0.15, 0.2) is 5.13 Å². The Balaban J connectivity index is 1.58. The molecule has 244 valence electrons. The highest BCUT2D eigenvalue weighted by atomic mass is 32.1. The molecule has 0 aliphatic carbocycles. The fourth-order valence-electron chi connectivity index (χ4n) is 5.11. The molecule has 0 radical (unpaired) electrons. The van der Waals surface area contributed by atoms with E-state index in [0.29, 0.717) is 74.2 Å². The third-order valence-electron chi connectivity index (χ3n) is 7.12. The Hall–Kier alpha value is -3.82. The molecular formula is C30H37F3N6O5S. The summed E-state index contributed by atoms with van der Waals surface area (Å²) in [6.45, 7) is 9.18. The number of aryl methyl sites for hydroxylation is 1. The van der Waals surface area contributed by atoms with Crippen molar-refractivity contribution in [2.24, 2.45) is 11.8 Å². The van der Waals surface area contributed by atoms with Gasteiger partial charge in [0.05, 0.1) is 30.6 Å². The van der Waals surface area contributed by atoms with Crippen LogP contribution < -0.4 is 15.0 Å². The molecule has 1 fully saturated rings. The van der Waals surface area contributed by atoms with Gasteiger partial charge >= 0.3 is 12.3 Å². The maximum Gasteiger partial charge on any atom is 0.573 e. The first-order valence-electron chi connectivity index (χ1n) is 14.5. The number of carbonyl (C=O) groups is 2. The van der Waals surface area contributed by atoms with E-state index in [1.165, 1.54) is 35.9 Å². The molecule has 1 saturated heterocycles. The van der Waals surface area contributed by atoms with Crippen LogP contribution in [0.2, 0.25) is 0 Å². The number of methoxy groups -OCH3 is 1. The Kier molecular flexibility index (Phi) is 11.3. The first-order chi connectivity index (χ1) is 21.3. The number of hydrogen-bond acceptors (Lipinski definition) is 10. The van der Waals surface area contributed by atoms with E-state index >= 15 is 0 Å². The molecule has 0 saturated carbocycles. The van der Waals surface area contributed by atoms with Gasteiger partial charge in [0.1, 0.15) is 17.3 Å². The minimum Gasteiger partial charge on any atom is -0.481 e. The van der Waals surface area contributed by atoms with Gasteiger partial charge in [-0.2, -0.15) is 0 Å². The number of aromatic nitrogens is 3. The number of hydrogen-bond donors (Lipinski definition) is 2. The van der Waals surface area contributed by atoms with Crippen LogP contribution in [-0.2, 0) is 16.1 Å². The third-order valence-corrected chi connectivity index (χ3v) is 8.07. The predicted octanol–water partition coefficient (Wildman–Crippen LogP) is 5.46. The van der Waals surface area contributed by atoms with Gasteiger partial charge in [0, 0.05) is 50.3 Å². The average Bonchev–Trinajstić information content (AvgIpc) is 3.36. The molecular weight excluding hydrogens is 613 g/mol. The molecule has 2 N–H and O–H groups in total. The van der Waals surface area contributed by atoms with Crippen molar-refractivity contribution in [2.75, 3.05) is 50.1 Å². The maximum absolute atomic E-state index is 13.2. The number of carbonyl (C=O) groups excluding carboxylic acids is 1. The lowest BCUT2D eigenvalue weighted by Crippen LogP contribution is -2.36. The summed E-state index contributed by atoms with van der Waals surface area (Å²) in [5.41, 5.74) is 1.46. The van der Waals surface area contributed by atoms with E-state index < -0.39 is 18.2 Å². The zero-order valence-corrected chi connectivity index (χ0v) is 26.4. The maximum atomic E-state index is 13.2. The molecule has 45 heavy (non-hydrogen) atoms. The molecule has 4 rings (SSSR count). The van der Waals surface area contributed by atoms with Crippen molar-refractivity contribution >= 4 is 34.2 Å². The van der Waals surface area contributed by atoms with Crippen molar-refractivity contribution in [1.29, 1.82) is 0 Å². The summed E-state index contributed by atoms with van der Waals surface area (Å²) in [4.78, 5) is 42.5. The lowest BCUT2D eigenvalue weighted by atomic mass is 9.97. The van der Waals surface area contributed by atoms with Gasteiger partial charge in [0.25, 0.3) is 5.91 Å². The molecule has 1 aromatic carbocycles. The van der Waals surface area contributed by atoms with Crippen LogP contribution in [0.3, 0.4) is 0 Å². The first kappa shape index (κ1) is 34.1. The number of rotatable bonds is 13. The minimum absolute atomic E-state index is 0.0513. The van der Waals surface area contributed by atoms with E-state index in [0.717, 1.165) is 11.4 Å². The van der Waals surface area contributed by atoms with Crippen LogP contribution in [0.5, 0.6) is 5.75 Å². The number of thiazole rings is 1. The number of halogens is 3. The fourth-order valence-corrected chi connectivity index (χ4v) is 6.13. The molecule has 1 aliphatic rings. The number of ether oxygens (including phenoxy) is 2. The number of amides is 1. The van der Waals surface area contributed by atoms with Gasteiger partial charge < -0.3 is 19.5 Å². The van der Waals surface area contributed by atoms with Gasteiger partial charge in [0.2, 0.25) is 0 Å². The number of carboxylic acids is 1. The number of nitrogens with zero attached hydrogens (tertiary/aromatic N) is 5. The second kappa shape index (κ2) is 15.0. The summed E-state index contributed by atoms with van der Waals surface area (Å²) in [5, 5.41) is 12.2. The van der Waals surface area contributed by atoms with Crippen molar-refractivity contribution < 1.29 is 37.3 Å². The quantitative estimate of drug-likeness (QED) is 0.246. The van der Waals surface area contributed by atoms with E-state index in [9.17, 15) is 27.9 Å². The molecule has 2 aromatic heterocycles. The van der Waals surface area contributed by atoms with E-state index in [4.69, 9.17) is 4.74 Å². The third kappa shape index (κ3) is 9.83. The van der Waals surface area contributed by atoms with E-state index in [1.54, 1.807) is 20.1 Å². The number of aliphatic carboxylic acids is 1. The van der Waals surface area contributed by atoms with Gasteiger partial charge in [-0.1, -0.05) is 25.2 Å². The van der Waals surface area contributed by atoms with E-state index in [-0.39, 0.29) is 22.5 Å². The van der Waals surface area contributed by atoms with Gasteiger partial charge in [-0.15, -0.1) is 13.2 Å². The van der Waals surface area contributed by atoms with Crippen molar-refractivity contribution in [1.82, 2.24) is 19.9 Å². The zero-order valence-electron chi connectivity index (χ0n) is 25.6. The SMILES string of the molecule is COCCN(Cc1sc(NC(=O)c2cnc(N3CCC(C(=O)O)CC3)cn2)nc1-c1cc(C)cc(OC(F)(F)F)c1)CC(C)C. The second-order valence-corrected chi connectivity index (χ2v) is 12.4. The number of benzene rings is 1. The minimum atomic E-state index is -4.85. The number of anilines is 2. The molecule has 0 unspecified atom stereocenters. The zero-order chi connectivity index (χ0) is 32.7. The molecule has 15 heteroatoms. The highest BCUT2D eigenvalue weighted by molar-refractivity contribution is 7.16. The second-order valence-electron chi connectivity index (χ2n) is 11.3. The topological polar surface area (TPSA) is 130 Å². The molecule has 11 nitrogen and oxygen atoms in total. The van der Waals surface area contributed by atoms with Crippen LogP contribution in [0.4, 0.5) is 24.1 Å². The standard InChI is InChI=1S/C30H37F3N6O5S/c1-18(2)16-38(9-10-43-4)17-24-26(21-11-19(3)12-22(13-21)44-30(31,32)33)36-29(45-24)37-27(40)23-14-35-25(15-34-23)39-7-5-20(6-8-39)28(41)42/h11-15,18,20H,5-10,16-17H2,1-4H3,(H,41,42)(H,36,37,40). The summed E-state index contributed by atoms with van der Waals surface area (Å²) in [7, 11) is 1.62. The van der Waals surface area contributed by atoms with Crippen molar-refractivity contribution in [3.63, 3.8) is 0 Å².